The molecule has 1 nitrogen and oxygen atoms in total. The van der Waals surface area contributed by atoms with Crippen molar-refractivity contribution in [1.82, 2.24) is 0 Å². The molecule has 0 unspecified atom stereocenters. The molecule has 1 aliphatic rings. The molecular weight excluding hydrogens is 520 g/mol. The SMILES string of the molecule is C=Cc1ccc(-c2ccc3c(c2)C(=O)Cc2cc(-c4ccc(-c5c6ccccc6cc6ccccc56)cc4)ccc2-3)cc1. The van der Waals surface area contributed by atoms with Crippen LogP contribution in [0.25, 0.3) is 72.1 Å². The molecule has 0 spiro atoms. The molecule has 8 rings (SSSR count). The van der Waals surface area contributed by atoms with Crippen LogP contribution in [0.2, 0.25) is 0 Å². The highest BCUT2D eigenvalue weighted by Crippen LogP contribution is 2.40. The van der Waals surface area contributed by atoms with Crippen molar-refractivity contribution >= 4 is 33.4 Å². The summed E-state index contributed by atoms with van der Waals surface area (Å²) in [6.45, 7) is 3.84. The zero-order chi connectivity index (χ0) is 28.9. The van der Waals surface area contributed by atoms with E-state index in [2.05, 4.69) is 140 Å². The number of Topliss-reactive ketones (excluding diaryl/α,β-unsaturated/α-hetero) is 1. The Bertz CT molecular complexity index is 2160. The average Bonchev–Trinajstić information content (AvgIpc) is 3.07. The Kier molecular flexibility index (Phi) is 5.91. The van der Waals surface area contributed by atoms with Crippen LogP contribution in [0, 0.1) is 0 Å². The first-order valence-corrected chi connectivity index (χ1v) is 14.7. The Morgan fingerprint density at radius 3 is 1.67 bits per heavy atom. The summed E-state index contributed by atoms with van der Waals surface area (Å²) in [6, 6.07) is 49.5. The van der Waals surface area contributed by atoms with Gasteiger partial charge < -0.3 is 0 Å². The zero-order valence-corrected chi connectivity index (χ0v) is 23.7. The van der Waals surface area contributed by atoms with Gasteiger partial charge in [-0.1, -0.05) is 140 Å². The highest BCUT2D eigenvalue weighted by Gasteiger charge is 2.23. The van der Waals surface area contributed by atoms with Crippen LogP contribution in [-0.2, 0) is 6.42 Å². The van der Waals surface area contributed by atoms with E-state index in [0.29, 0.717) is 6.42 Å². The predicted molar refractivity (Wildman–Crippen MR) is 181 cm³/mol. The van der Waals surface area contributed by atoms with Crippen LogP contribution in [0.5, 0.6) is 0 Å². The molecule has 0 saturated heterocycles. The van der Waals surface area contributed by atoms with Gasteiger partial charge in [-0.25, -0.2) is 0 Å². The molecule has 1 heteroatoms. The minimum absolute atomic E-state index is 0.169. The number of carbonyl (C=O) groups is 1. The van der Waals surface area contributed by atoms with Gasteiger partial charge in [-0.2, -0.15) is 0 Å². The summed E-state index contributed by atoms with van der Waals surface area (Å²) >= 11 is 0. The summed E-state index contributed by atoms with van der Waals surface area (Å²) in [5.41, 5.74) is 12.0. The monoisotopic (exact) mass is 548 g/mol. The van der Waals surface area contributed by atoms with E-state index in [4.69, 9.17) is 0 Å². The van der Waals surface area contributed by atoms with Gasteiger partial charge in [-0.15, -0.1) is 0 Å². The fourth-order valence-electron chi connectivity index (χ4n) is 6.61. The van der Waals surface area contributed by atoms with Gasteiger partial charge in [0.2, 0.25) is 0 Å². The van der Waals surface area contributed by atoms with Crippen molar-refractivity contribution in [2.75, 3.05) is 0 Å². The van der Waals surface area contributed by atoms with Crippen LogP contribution in [-0.4, -0.2) is 5.78 Å². The number of carbonyl (C=O) groups excluding carboxylic acids is 1. The van der Waals surface area contributed by atoms with Gasteiger partial charge in [-0.3, -0.25) is 4.79 Å². The molecule has 0 aliphatic heterocycles. The Morgan fingerprint density at radius 1 is 0.488 bits per heavy atom. The maximum atomic E-state index is 13.4. The third kappa shape index (κ3) is 4.29. The van der Waals surface area contributed by atoms with Gasteiger partial charge in [0.05, 0.1) is 0 Å². The molecule has 0 saturated carbocycles. The lowest BCUT2D eigenvalue weighted by Crippen LogP contribution is -2.12. The molecule has 7 aromatic carbocycles. The second kappa shape index (κ2) is 10.1. The highest BCUT2D eigenvalue weighted by atomic mass is 16.1. The van der Waals surface area contributed by atoms with Crippen LogP contribution in [0.3, 0.4) is 0 Å². The third-order valence-corrected chi connectivity index (χ3v) is 8.82. The molecule has 7 aromatic rings. The van der Waals surface area contributed by atoms with Gasteiger partial charge in [-0.05, 0) is 89.3 Å². The number of hydrogen-bond acceptors (Lipinski definition) is 1. The fraction of sp³-hybridized carbons (Fsp3) is 0.0238. The standard InChI is InChI=1S/C42H28O/c1-2-27-11-13-28(14-12-27)32-20-22-39-36-21-19-31(23-35(36)26-41(43)40(39)25-32)29-15-17-30(18-16-29)42-37-9-5-3-7-33(37)24-34-8-4-6-10-38(34)42/h2-25H,1,26H2. The number of rotatable bonds is 4. The molecule has 1 aliphatic carbocycles. The molecule has 0 N–H and O–H groups in total. The molecule has 0 aromatic heterocycles. The zero-order valence-electron chi connectivity index (χ0n) is 23.7. The summed E-state index contributed by atoms with van der Waals surface area (Å²) < 4.78 is 0. The number of hydrogen-bond donors (Lipinski definition) is 0. The van der Waals surface area contributed by atoms with Crippen molar-refractivity contribution < 1.29 is 4.79 Å². The van der Waals surface area contributed by atoms with Crippen LogP contribution >= 0.6 is 0 Å². The second-order valence-electron chi connectivity index (χ2n) is 11.3. The largest absolute Gasteiger partial charge is 0.294 e. The average molecular weight is 549 g/mol. The van der Waals surface area contributed by atoms with Gasteiger partial charge in [0.25, 0.3) is 0 Å². The Morgan fingerprint density at radius 2 is 1.02 bits per heavy atom. The smallest absolute Gasteiger partial charge is 0.167 e. The van der Waals surface area contributed by atoms with Crippen LogP contribution in [0.1, 0.15) is 21.5 Å². The summed E-state index contributed by atoms with van der Waals surface area (Å²) in [4.78, 5) is 13.4. The van der Waals surface area contributed by atoms with Gasteiger partial charge in [0.1, 0.15) is 0 Å². The third-order valence-electron chi connectivity index (χ3n) is 8.82. The van der Waals surface area contributed by atoms with Gasteiger partial charge in [0, 0.05) is 12.0 Å². The maximum absolute atomic E-state index is 13.4. The Labute approximate surface area is 251 Å². The molecule has 0 radical (unpaired) electrons. The lowest BCUT2D eigenvalue weighted by atomic mass is 9.82. The fourth-order valence-corrected chi connectivity index (χ4v) is 6.61. The molecule has 0 fully saturated rings. The minimum Gasteiger partial charge on any atom is -0.294 e. The topological polar surface area (TPSA) is 17.1 Å². The first kappa shape index (κ1) is 25.2. The van der Waals surface area contributed by atoms with Crippen LogP contribution in [0.4, 0.5) is 0 Å². The van der Waals surface area contributed by atoms with E-state index in [1.807, 2.05) is 12.1 Å². The van der Waals surface area contributed by atoms with Crippen molar-refractivity contribution in [2.45, 2.75) is 6.42 Å². The Hall–Kier alpha value is -5.53. The summed E-state index contributed by atoms with van der Waals surface area (Å²) in [5.74, 6) is 0.169. The van der Waals surface area contributed by atoms with Crippen molar-refractivity contribution in [3.05, 3.63) is 163 Å². The second-order valence-corrected chi connectivity index (χ2v) is 11.3. The Balaban J connectivity index is 1.15. The van der Waals surface area contributed by atoms with Crippen LogP contribution in [0.15, 0.2) is 146 Å². The van der Waals surface area contributed by atoms with Gasteiger partial charge in [0.15, 0.2) is 5.78 Å². The van der Waals surface area contributed by atoms with Crippen molar-refractivity contribution in [3.63, 3.8) is 0 Å². The van der Waals surface area contributed by atoms with E-state index in [0.717, 1.165) is 50.1 Å². The summed E-state index contributed by atoms with van der Waals surface area (Å²) in [5, 5.41) is 5.02. The molecule has 202 valence electrons. The van der Waals surface area contributed by atoms with E-state index < -0.39 is 0 Å². The van der Waals surface area contributed by atoms with E-state index in [9.17, 15) is 4.79 Å². The van der Waals surface area contributed by atoms with E-state index >= 15 is 0 Å². The summed E-state index contributed by atoms with van der Waals surface area (Å²) in [7, 11) is 0. The van der Waals surface area contributed by atoms with E-state index in [1.165, 1.54) is 32.7 Å². The lowest BCUT2D eigenvalue weighted by Gasteiger charge is -2.21. The first-order valence-electron chi connectivity index (χ1n) is 14.7. The number of fused-ring (bicyclic) bond motifs is 5. The molecule has 0 amide bonds. The normalized spacial score (nSPS) is 12.2. The van der Waals surface area contributed by atoms with E-state index in [1.54, 1.807) is 0 Å². The van der Waals surface area contributed by atoms with Crippen molar-refractivity contribution in [2.24, 2.45) is 0 Å². The van der Waals surface area contributed by atoms with Crippen molar-refractivity contribution in [1.29, 1.82) is 0 Å². The molecule has 43 heavy (non-hydrogen) atoms. The summed E-state index contributed by atoms with van der Waals surface area (Å²) in [6.07, 6.45) is 2.25. The lowest BCUT2D eigenvalue weighted by molar-refractivity contribution is 0.0992. The number of ketones is 1. The first-order chi connectivity index (χ1) is 21.2. The maximum Gasteiger partial charge on any atom is 0.167 e. The highest BCUT2D eigenvalue weighted by molar-refractivity contribution is 6.13. The van der Waals surface area contributed by atoms with Crippen LogP contribution < -0.4 is 0 Å². The number of benzene rings is 7. The molecular formula is C42H28O. The van der Waals surface area contributed by atoms with Crippen molar-refractivity contribution in [3.8, 4) is 44.5 Å². The quantitative estimate of drug-likeness (QED) is 0.200. The van der Waals surface area contributed by atoms with E-state index in [-0.39, 0.29) is 5.78 Å². The van der Waals surface area contributed by atoms with Gasteiger partial charge >= 0.3 is 0 Å². The minimum atomic E-state index is 0.169. The predicted octanol–water partition coefficient (Wildman–Crippen LogP) is 11.0. The molecule has 0 heterocycles. The molecule has 0 bridgehead atoms. The molecule has 0 atom stereocenters.